The highest BCUT2D eigenvalue weighted by Gasteiger charge is 2.15. The van der Waals surface area contributed by atoms with Crippen molar-refractivity contribution in [2.75, 3.05) is 5.43 Å². The lowest BCUT2D eigenvalue weighted by atomic mass is 10.1. The predicted molar refractivity (Wildman–Crippen MR) is 63.2 cm³/mol. The van der Waals surface area contributed by atoms with Crippen molar-refractivity contribution in [3.63, 3.8) is 0 Å². The van der Waals surface area contributed by atoms with E-state index in [9.17, 15) is 14.9 Å². The Morgan fingerprint density at radius 2 is 2.17 bits per heavy atom. The molecule has 18 heavy (non-hydrogen) atoms. The Morgan fingerprint density at radius 3 is 2.72 bits per heavy atom. The van der Waals surface area contributed by atoms with Crippen molar-refractivity contribution in [2.45, 2.75) is 0 Å². The summed E-state index contributed by atoms with van der Waals surface area (Å²) in [5, 5.41) is 19.9. The van der Waals surface area contributed by atoms with Crippen molar-refractivity contribution in [3.05, 3.63) is 39.9 Å². The minimum atomic E-state index is -1.21. The van der Waals surface area contributed by atoms with E-state index in [0.29, 0.717) is 5.52 Å². The molecule has 0 bridgehead atoms. The Morgan fingerprint density at radius 1 is 1.44 bits per heavy atom. The molecule has 0 fully saturated rings. The van der Waals surface area contributed by atoms with Gasteiger partial charge in [0.25, 0.3) is 5.69 Å². The number of aromatic carboxylic acids is 1. The Balaban J connectivity index is 2.79. The van der Waals surface area contributed by atoms with Crippen molar-refractivity contribution in [3.8, 4) is 0 Å². The van der Waals surface area contributed by atoms with E-state index in [2.05, 4.69) is 10.4 Å². The molecule has 0 spiro atoms. The molecule has 0 atom stereocenters. The zero-order valence-corrected chi connectivity index (χ0v) is 8.95. The number of rotatable bonds is 3. The van der Waals surface area contributed by atoms with Crippen molar-refractivity contribution in [1.29, 1.82) is 0 Å². The predicted octanol–water partition coefficient (Wildman–Crippen LogP) is 1.13. The van der Waals surface area contributed by atoms with Crippen LogP contribution in [0.5, 0.6) is 0 Å². The van der Waals surface area contributed by atoms with Crippen LogP contribution in [0.15, 0.2) is 24.3 Å². The van der Waals surface area contributed by atoms with E-state index < -0.39 is 10.9 Å². The number of benzene rings is 1. The SMILES string of the molecule is NNc1cc(C(=O)O)c2cc([N+](=O)[O-])ccc2n1. The number of hydrogen-bond acceptors (Lipinski definition) is 6. The molecule has 0 aliphatic heterocycles. The number of nitro groups is 1. The summed E-state index contributed by atoms with van der Waals surface area (Å²) in [5.74, 6) is 4.14. The highest BCUT2D eigenvalue weighted by molar-refractivity contribution is 6.04. The minimum Gasteiger partial charge on any atom is -0.478 e. The molecular weight excluding hydrogens is 240 g/mol. The van der Waals surface area contributed by atoms with E-state index in [1.54, 1.807) is 0 Å². The molecule has 1 heterocycles. The number of hydrazine groups is 1. The van der Waals surface area contributed by atoms with Gasteiger partial charge in [0.2, 0.25) is 0 Å². The van der Waals surface area contributed by atoms with Crippen LogP contribution in [0.1, 0.15) is 10.4 Å². The number of nitrogen functional groups attached to an aromatic ring is 1. The lowest BCUT2D eigenvalue weighted by molar-refractivity contribution is -0.384. The van der Waals surface area contributed by atoms with E-state index >= 15 is 0 Å². The normalized spacial score (nSPS) is 10.3. The molecule has 2 rings (SSSR count). The summed E-state index contributed by atoms with van der Waals surface area (Å²) in [5.41, 5.74) is 2.26. The maximum absolute atomic E-state index is 11.1. The average Bonchev–Trinajstić information content (AvgIpc) is 2.36. The number of carboxylic acid groups (broad SMARTS) is 1. The smallest absolute Gasteiger partial charge is 0.336 e. The average molecular weight is 248 g/mol. The fraction of sp³-hybridized carbons (Fsp3) is 0. The van der Waals surface area contributed by atoms with Gasteiger partial charge in [0, 0.05) is 17.5 Å². The van der Waals surface area contributed by atoms with Crippen LogP contribution in [0.3, 0.4) is 0 Å². The summed E-state index contributed by atoms with van der Waals surface area (Å²) in [6.07, 6.45) is 0. The monoisotopic (exact) mass is 248 g/mol. The van der Waals surface area contributed by atoms with Gasteiger partial charge < -0.3 is 10.5 Å². The molecule has 0 saturated heterocycles. The third-order valence-corrected chi connectivity index (χ3v) is 2.38. The second-order valence-corrected chi connectivity index (χ2v) is 3.46. The van der Waals surface area contributed by atoms with Gasteiger partial charge in [0.1, 0.15) is 5.82 Å². The molecule has 0 radical (unpaired) electrons. The third kappa shape index (κ3) is 1.92. The maximum Gasteiger partial charge on any atom is 0.336 e. The van der Waals surface area contributed by atoms with Gasteiger partial charge in [0.05, 0.1) is 16.0 Å². The standard InChI is InChI=1S/C10H8N4O4/c11-13-9-4-7(10(15)16)6-3-5(14(17)18)1-2-8(6)12-9/h1-4H,11H2,(H,12,13)(H,15,16). The van der Waals surface area contributed by atoms with Crippen molar-refractivity contribution < 1.29 is 14.8 Å². The topological polar surface area (TPSA) is 131 Å². The minimum absolute atomic E-state index is 0.100. The van der Waals surface area contributed by atoms with Crippen LogP contribution in [-0.2, 0) is 0 Å². The molecule has 0 aliphatic rings. The molecule has 0 aliphatic carbocycles. The zero-order chi connectivity index (χ0) is 13.3. The number of carboxylic acids is 1. The molecule has 8 nitrogen and oxygen atoms in total. The third-order valence-electron chi connectivity index (χ3n) is 2.38. The van der Waals surface area contributed by atoms with E-state index in [4.69, 9.17) is 10.9 Å². The number of aromatic nitrogens is 1. The van der Waals surface area contributed by atoms with Crippen LogP contribution < -0.4 is 11.3 Å². The maximum atomic E-state index is 11.1. The molecule has 0 amide bonds. The summed E-state index contributed by atoms with van der Waals surface area (Å²) < 4.78 is 0. The van der Waals surface area contributed by atoms with Gasteiger partial charge in [-0.2, -0.15) is 0 Å². The van der Waals surface area contributed by atoms with Crippen LogP contribution in [0.4, 0.5) is 11.5 Å². The zero-order valence-electron chi connectivity index (χ0n) is 8.95. The van der Waals surface area contributed by atoms with Crippen LogP contribution in [0, 0.1) is 10.1 Å². The van der Waals surface area contributed by atoms with Crippen LogP contribution in [-0.4, -0.2) is 21.0 Å². The number of carbonyl (C=O) groups is 1. The number of anilines is 1. The van der Waals surface area contributed by atoms with Crippen LogP contribution in [0.25, 0.3) is 10.9 Å². The number of nitrogens with zero attached hydrogens (tertiary/aromatic N) is 2. The fourth-order valence-electron chi connectivity index (χ4n) is 1.58. The van der Waals surface area contributed by atoms with Crippen LogP contribution in [0.2, 0.25) is 0 Å². The Hall–Kier alpha value is -2.74. The van der Waals surface area contributed by atoms with Crippen molar-refractivity contribution in [1.82, 2.24) is 4.98 Å². The number of pyridine rings is 1. The molecular formula is C10H8N4O4. The second kappa shape index (κ2) is 4.26. The van der Waals surface area contributed by atoms with E-state index in [1.807, 2.05) is 0 Å². The Labute approximate surface area is 100 Å². The molecule has 1 aromatic carbocycles. The summed E-state index contributed by atoms with van der Waals surface area (Å²) in [6, 6.07) is 5.02. The first-order chi connectivity index (χ1) is 8.52. The van der Waals surface area contributed by atoms with E-state index in [1.165, 1.54) is 24.3 Å². The largest absolute Gasteiger partial charge is 0.478 e. The lowest BCUT2D eigenvalue weighted by Crippen LogP contribution is -2.10. The van der Waals surface area contributed by atoms with Gasteiger partial charge in [-0.3, -0.25) is 10.1 Å². The summed E-state index contributed by atoms with van der Waals surface area (Å²) in [6.45, 7) is 0. The molecule has 2 aromatic rings. The number of fused-ring (bicyclic) bond motifs is 1. The van der Waals surface area contributed by atoms with E-state index in [-0.39, 0.29) is 22.5 Å². The molecule has 8 heteroatoms. The summed E-state index contributed by atoms with van der Waals surface area (Å²) in [7, 11) is 0. The Bertz CT molecular complexity index is 656. The quantitative estimate of drug-likeness (QED) is 0.421. The highest BCUT2D eigenvalue weighted by atomic mass is 16.6. The molecule has 0 unspecified atom stereocenters. The summed E-state index contributed by atoms with van der Waals surface area (Å²) >= 11 is 0. The first kappa shape index (κ1) is 11.7. The van der Waals surface area contributed by atoms with Gasteiger partial charge in [-0.15, -0.1) is 0 Å². The van der Waals surface area contributed by atoms with Gasteiger partial charge in [0.15, 0.2) is 0 Å². The number of nitrogens with two attached hydrogens (primary N) is 1. The van der Waals surface area contributed by atoms with Gasteiger partial charge in [-0.1, -0.05) is 0 Å². The number of nitro benzene ring substituents is 1. The molecule has 4 N–H and O–H groups in total. The number of hydrogen-bond donors (Lipinski definition) is 3. The fourth-order valence-corrected chi connectivity index (χ4v) is 1.58. The van der Waals surface area contributed by atoms with Crippen LogP contribution >= 0.6 is 0 Å². The lowest BCUT2D eigenvalue weighted by Gasteiger charge is -2.05. The molecule has 92 valence electrons. The van der Waals surface area contributed by atoms with Crippen molar-refractivity contribution in [2.24, 2.45) is 5.84 Å². The number of non-ortho nitro benzene ring substituents is 1. The molecule has 0 saturated carbocycles. The number of nitrogens with one attached hydrogen (secondary N) is 1. The van der Waals surface area contributed by atoms with Crippen molar-refractivity contribution >= 4 is 28.4 Å². The molecule has 1 aromatic heterocycles. The first-order valence-corrected chi connectivity index (χ1v) is 4.82. The van der Waals surface area contributed by atoms with Gasteiger partial charge >= 0.3 is 5.97 Å². The highest BCUT2D eigenvalue weighted by Crippen LogP contribution is 2.25. The van der Waals surface area contributed by atoms with E-state index in [0.717, 1.165) is 0 Å². The summed E-state index contributed by atoms with van der Waals surface area (Å²) in [4.78, 5) is 25.2. The first-order valence-electron chi connectivity index (χ1n) is 4.82. The Kier molecular flexibility index (Phi) is 2.78. The second-order valence-electron chi connectivity index (χ2n) is 3.46. The van der Waals surface area contributed by atoms with Gasteiger partial charge in [-0.05, 0) is 12.1 Å². The van der Waals surface area contributed by atoms with Gasteiger partial charge in [-0.25, -0.2) is 15.6 Å².